The topological polar surface area (TPSA) is 80.8 Å². The molecule has 0 radical (unpaired) electrons. The third kappa shape index (κ3) is 9.33. The Morgan fingerprint density at radius 3 is 2.25 bits per heavy atom. The fourth-order valence-electron chi connectivity index (χ4n) is 8.67. The number of carbonyl (C=O) groups is 1. The Morgan fingerprint density at radius 1 is 0.947 bits per heavy atom. The Morgan fingerprint density at radius 2 is 1.61 bits per heavy atom. The van der Waals surface area contributed by atoms with Gasteiger partial charge in [0.2, 0.25) is 0 Å². The lowest BCUT2D eigenvalue weighted by atomic mass is 9.96. The van der Waals surface area contributed by atoms with Gasteiger partial charge >= 0.3 is 0 Å². The van der Waals surface area contributed by atoms with E-state index in [1.807, 2.05) is 24.3 Å². The van der Waals surface area contributed by atoms with Gasteiger partial charge in [0.1, 0.15) is 11.4 Å². The average molecular weight is 864 g/mol. The number of likely N-dealkylation sites (tertiary alicyclic amines) is 1. The zero-order chi connectivity index (χ0) is 40.0. The van der Waals surface area contributed by atoms with E-state index in [1.54, 1.807) is 0 Å². The highest BCUT2D eigenvalue weighted by atomic mass is 79.9. The van der Waals surface area contributed by atoms with Gasteiger partial charge in [0, 0.05) is 59.2 Å². The summed E-state index contributed by atoms with van der Waals surface area (Å²) in [6.45, 7) is 12.6. The van der Waals surface area contributed by atoms with Crippen LogP contribution >= 0.6 is 15.9 Å². The monoisotopic (exact) mass is 862 g/mol. The molecule has 7 rings (SSSR count). The molecule has 7 nitrogen and oxygen atoms in total. The molecule has 0 spiro atoms. The van der Waals surface area contributed by atoms with Crippen molar-refractivity contribution in [3.05, 3.63) is 148 Å². The van der Waals surface area contributed by atoms with E-state index in [-0.39, 0.29) is 23.0 Å². The highest BCUT2D eigenvalue weighted by Gasteiger charge is 2.50. The van der Waals surface area contributed by atoms with E-state index in [1.165, 1.54) is 15.9 Å². The molecule has 57 heavy (non-hydrogen) atoms. The molecule has 1 aromatic heterocycles. The molecule has 4 aromatic carbocycles. The molecule has 10 heteroatoms. The van der Waals surface area contributed by atoms with E-state index in [2.05, 4.69) is 155 Å². The van der Waals surface area contributed by atoms with Crippen molar-refractivity contribution in [1.29, 1.82) is 0 Å². The number of hydrogen-bond acceptors (Lipinski definition) is 6. The molecule has 3 heterocycles. The van der Waals surface area contributed by atoms with Gasteiger partial charge < -0.3 is 14.3 Å². The first-order valence-corrected chi connectivity index (χ1v) is 24.3. The van der Waals surface area contributed by atoms with Crippen molar-refractivity contribution in [3.63, 3.8) is 0 Å². The van der Waals surface area contributed by atoms with Gasteiger partial charge in [0.05, 0.1) is 18.3 Å². The summed E-state index contributed by atoms with van der Waals surface area (Å²) in [4.78, 5) is 21.7. The average Bonchev–Trinajstić information content (AvgIpc) is 3.82. The molecule has 1 amide bonds. The summed E-state index contributed by atoms with van der Waals surface area (Å²) in [6.07, 6.45) is 3.35. The maximum atomic E-state index is 14.3. The molecule has 2 aliphatic rings. The second kappa shape index (κ2) is 18.5. The maximum absolute atomic E-state index is 14.3. The summed E-state index contributed by atoms with van der Waals surface area (Å²) in [5, 5.41) is 5.62. The van der Waals surface area contributed by atoms with Crippen molar-refractivity contribution in [2.75, 3.05) is 25.4 Å². The quantitative estimate of drug-likeness (QED) is 0.0838. The summed E-state index contributed by atoms with van der Waals surface area (Å²) >= 11 is 2.46. The number of amides is 1. The van der Waals surface area contributed by atoms with Gasteiger partial charge in [-0.2, -0.15) is 0 Å². The third-order valence-electron chi connectivity index (χ3n) is 11.4. The van der Waals surface area contributed by atoms with Crippen LogP contribution in [0.2, 0.25) is 5.04 Å². The Hall–Kier alpha value is -3.61. The fraction of sp³-hybridized carbons (Fsp3) is 0.362. The molecule has 298 valence electrons. The number of unbranched alkanes of at least 4 members (excludes halogenated alkanes) is 1. The number of benzene rings is 4. The molecule has 0 aliphatic carbocycles. The van der Waals surface area contributed by atoms with Crippen LogP contribution in [0.4, 0.5) is 0 Å². The van der Waals surface area contributed by atoms with Gasteiger partial charge in [-0.3, -0.25) is 9.69 Å². The number of hydrogen-bond donors (Lipinski definition) is 1. The number of aromatic nitrogens is 1. The summed E-state index contributed by atoms with van der Waals surface area (Å²) < 4.78 is 24.7. The first-order chi connectivity index (χ1) is 27.6. The summed E-state index contributed by atoms with van der Waals surface area (Å²) in [5.74, 6) is 0.419. The second-order valence-corrected chi connectivity index (χ2v) is 23.1. The van der Waals surface area contributed by atoms with Crippen LogP contribution in [0.5, 0.6) is 0 Å². The van der Waals surface area contributed by atoms with Crippen molar-refractivity contribution < 1.29 is 13.8 Å². The number of halogens is 1. The third-order valence-corrected chi connectivity index (χ3v) is 18.5. The number of rotatable bonds is 15. The zero-order valence-corrected chi connectivity index (χ0v) is 37.0. The van der Waals surface area contributed by atoms with Crippen molar-refractivity contribution in [2.45, 2.75) is 83.6 Å². The molecule has 2 aliphatic heterocycles. The standard InChI is InChI=1S/C47H55BrN4O3SSi/c1-5-6-29-56(54)52-33-37-31-42(46(53)49-39-25-27-51(34-39)32-35-17-10-7-11-18-35)50-45(36-19-16-20-38(48)30-36)44(37)43(52)26-28-55-57(47(2,3)4,40-21-12-8-13-22-40)41-23-14-9-15-24-41/h7-24,30-31,39,43H,5-6,25-29,32-34H2,1-4H3,(H,49,53)/t39-,43-,56-/m1/s1. The van der Waals surface area contributed by atoms with E-state index in [0.717, 1.165) is 65.8 Å². The van der Waals surface area contributed by atoms with Crippen molar-refractivity contribution in [2.24, 2.45) is 0 Å². The minimum Gasteiger partial charge on any atom is -0.598 e. The molecular formula is C47H55BrN4O3SSi. The molecule has 1 N–H and O–H groups in total. The van der Waals surface area contributed by atoms with Crippen LogP contribution in [-0.4, -0.2) is 64.5 Å². The van der Waals surface area contributed by atoms with Gasteiger partial charge in [0.25, 0.3) is 14.2 Å². The number of carbonyl (C=O) groups excluding carboxylic acids is 1. The van der Waals surface area contributed by atoms with Gasteiger partial charge in [-0.25, -0.2) is 4.98 Å². The molecular weight excluding hydrogens is 809 g/mol. The Bertz CT molecular complexity index is 2060. The van der Waals surface area contributed by atoms with Crippen LogP contribution in [0.15, 0.2) is 126 Å². The molecule has 0 bridgehead atoms. The van der Waals surface area contributed by atoms with Crippen LogP contribution in [0.1, 0.15) is 86.6 Å². The second-order valence-electron chi connectivity index (χ2n) is 16.4. The van der Waals surface area contributed by atoms with Crippen molar-refractivity contribution in [3.8, 4) is 11.3 Å². The van der Waals surface area contributed by atoms with E-state index in [0.29, 0.717) is 31.0 Å². The molecule has 1 saturated heterocycles. The van der Waals surface area contributed by atoms with Crippen LogP contribution in [0.25, 0.3) is 11.3 Å². The molecule has 0 saturated carbocycles. The normalized spacial score (nSPS) is 18.1. The molecule has 0 unspecified atom stereocenters. The Kier molecular flexibility index (Phi) is 13.5. The number of pyridine rings is 1. The van der Waals surface area contributed by atoms with Gasteiger partial charge in [-0.15, -0.1) is 4.31 Å². The van der Waals surface area contributed by atoms with Gasteiger partial charge in [-0.05, 0) is 64.0 Å². The first-order valence-electron chi connectivity index (χ1n) is 20.3. The van der Waals surface area contributed by atoms with Crippen LogP contribution in [0, 0.1) is 0 Å². The minimum absolute atomic E-state index is 0.0370. The number of fused-ring (bicyclic) bond motifs is 1. The Labute approximate surface area is 351 Å². The SMILES string of the molecule is CCCC[S@@+]([O-])N1Cc2cc(C(=O)N[C@@H]3CCN(Cc4ccccc4)C3)nc(-c3cccc(Br)c3)c2[C@H]1CCO[Si](c1ccccc1)(c1ccccc1)C(C)(C)C. The van der Waals surface area contributed by atoms with Crippen LogP contribution in [0.3, 0.4) is 0 Å². The first kappa shape index (κ1) is 41.5. The Balaban J connectivity index is 1.22. The largest absolute Gasteiger partial charge is 0.598 e. The highest BCUT2D eigenvalue weighted by molar-refractivity contribution is 9.10. The van der Waals surface area contributed by atoms with E-state index >= 15 is 0 Å². The zero-order valence-electron chi connectivity index (χ0n) is 33.6. The van der Waals surface area contributed by atoms with E-state index < -0.39 is 19.7 Å². The lowest BCUT2D eigenvalue weighted by Gasteiger charge is -2.43. The minimum atomic E-state index is -2.81. The molecule has 5 aromatic rings. The number of nitrogens with one attached hydrogen (secondary N) is 1. The lowest BCUT2D eigenvalue weighted by Crippen LogP contribution is -2.66. The maximum Gasteiger partial charge on any atom is 0.270 e. The van der Waals surface area contributed by atoms with Crippen LogP contribution < -0.4 is 15.7 Å². The highest BCUT2D eigenvalue weighted by Crippen LogP contribution is 2.45. The summed E-state index contributed by atoms with van der Waals surface area (Å²) in [6, 6.07) is 41.8. The molecule has 3 atom stereocenters. The van der Waals surface area contributed by atoms with Gasteiger partial charge in [0.15, 0.2) is 0 Å². The van der Waals surface area contributed by atoms with Gasteiger partial charge in [-0.1, -0.05) is 153 Å². The summed E-state index contributed by atoms with van der Waals surface area (Å²) in [5.41, 5.74) is 5.40. The molecule has 1 fully saturated rings. The predicted molar refractivity (Wildman–Crippen MR) is 239 cm³/mol. The van der Waals surface area contributed by atoms with Crippen molar-refractivity contribution >= 4 is 51.9 Å². The van der Waals surface area contributed by atoms with E-state index in [9.17, 15) is 9.35 Å². The van der Waals surface area contributed by atoms with E-state index in [4.69, 9.17) is 9.41 Å². The summed E-state index contributed by atoms with van der Waals surface area (Å²) in [7, 11) is -2.81. The predicted octanol–water partition coefficient (Wildman–Crippen LogP) is 8.80. The smallest absolute Gasteiger partial charge is 0.270 e. The van der Waals surface area contributed by atoms with Crippen molar-refractivity contribution in [1.82, 2.24) is 19.5 Å². The fourth-order valence-corrected chi connectivity index (χ4v) is 15.2. The van der Waals surface area contributed by atoms with Crippen LogP contribution in [-0.2, 0) is 28.9 Å². The number of nitrogens with zero attached hydrogens (tertiary/aromatic N) is 3. The lowest BCUT2D eigenvalue weighted by molar-refractivity contribution is 0.0932.